The highest BCUT2D eigenvalue weighted by Gasteiger charge is 2.30. The molecule has 1 aliphatic heterocycles. The third kappa shape index (κ3) is 4.36. The molecule has 0 N–H and O–H groups in total. The predicted molar refractivity (Wildman–Crippen MR) is 101 cm³/mol. The molecule has 1 fully saturated rings. The Balaban J connectivity index is 1.63. The molecule has 27 heavy (non-hydrogen) atoms. The Kier molecular flexibility index (Phi) is 5.62. The van der Waals surface area contributed by atoms with E-state index in [9.17, 15) is 17.6 Å². The molecule has 1 saturated heterocycles. The Morgan fingerprint density at radius 2 is 1.59 bits per heavy atom. The largest absolute Gasteiger partial charge is 0.340 e. The van der Waals surface area contributed by atoms with E-state index < -0.39 is 10.0 Å². The number of amides is 1. The van der Waals surface area contributed by atoms with E-state index in [0.29, 0.717) is 13.1 Å². The van der Waals surface area contributed by atoms with Gasteiger partial charge in [-0.15, -0.1) is 0 Å². The van der Waals surface area contributed by atoms with Gasteiger partial charge in [-0.05, 0) is 54.8 Å². The number of carbonyl (C=O) groups excluding carboxylic acids is 1. The average molecular weight is 390 g/mol. The lowest BCUT2D eigenvalue weighted by atomic mass is 10.1. The summed E-state index contributed by atoms with van der Waals surface area (Å²) < 4.78 is 40.1. The summed E-state index contributed by atoms with van der Waals surface area (Å²) >= 11 is 0. The highest BCUT2D eigenvalue weighted by molar-refractivity contribution is 7.89. The lowest BCUT2D eigenvalue weighted by molar-refractivity contribution is -0.131. The molecular formula is C20H23FN2O3S. The van der Waals surface area contributed by atoms with Crippen molar-refractivity contribution in [2.75, 3.05) is 26.2 Å². The standard InChI is InChI=1S/C20H23FN2O3S/c1-15-3-8-19(13-16(15)2)27(25,26)23-11-9-22(10-12-23)20(24)14-17-4-6-18(21)7-5-17/h3-8,13H,9-12,14H2,1-2H3. The quantitative estimate of drug-likeness (QED) is 0.806. The van der Waals surface area contributed by atoms with Gasteiger partial charge in [0.15, 0.2) is 0 Å². The van der Waals surface area contributed by atoms with E-state index in [4.69, 9.17) is 0 Å². The van der Waals surface area contributed by atoms with Crippen LogP contribution >= 0.6 is 0 Å². The van der Waals surface area contributed by atoms with Crippen LogP contribution < -0.4 is 0 Å². The number of halogens is 1. The fraction of sp³-hybridized carbons (Fsp3) is 0.350. The SMILES string of the molecule is Cc1ccc(S(=O)(=O)N2CCN(C(=O)Cc3ccc(F)cc3)CC2)cc1C. The molecular weight excluding hydrogens is 367 g/mol. The maximum absolute atomic E-state index is 13.0. The van der Waals surface area contributed by atoms with Gasteiger partial charge in [-0.2, -0.15) is 4.31 Å². The van der Waals surface area contributed by atoms with E-state index in [-0.39, 0.29) is 36.1 Å². The molecule has 0 atom stereocenters. The monoisotopic (exact) mass is 390 g/mol. The van der Waals surface area contributed by atoms with E-state index in [2.05, 4.69) is 0 Å². The number of sulfonamides is 1. The molecule has 0 unspecified atom stereocenters. The van der Waals surface area contributed by atoms with Crippen molar-refractivity contribution < 1.29 is 17.6 Å². The van der Waals surface area contributed by atoms with Crippen molar-refractivity contribution in [2.24, 2.45) is 0 Å². The van der Waals surface area contributed by atoms with Crippen molar-refractivity contribution >= 4 is 15.9 Å². The number of hydrogen-bond acceptors (Lipinski definition) is 3. The minimum atomic E-state index is -3.56. The summed E-state index contributed by atoms with van der Waals surface area (Å²) in [6, 6.07) is 11.0. The second-order valence-electron chi connectivity index (χ2n) is 6.83. The van der Waals surface area contributed by atoms with Crippen LogP contribution in [0.1, 0.15) is 16.7 Å². The van der Waals surface area contributed by atoms with Gasteiger partial charge in [-0.3, -0.25) is 4.79 Å². The zero-order valence-electron chi connectivity index (χ0n) is 15.5. The van der Waals surface area contributed by atoms with Crippen LogP contribution in [0.25, 0.3) is 0 Å². The summed E-state index contributed by atoms with van der Waals surface area (Å²) in [5.41, 5.74) is 2.72. The minimum absolute atomic E-state index is 0.0789. The van der Waals surface area contributed by atoms with Gasteiger partial charge in [-0.1, -0.05) is 18.2 Å². The molecule has 5 nitrogen and oxygen atoms in total. The first-order chi connectivity index (χ1) is 12.8. The molecule has 0 saturated carbocycles. The summed E-state index contributed by atoms with van der Waals surface area (Å²) in [5, 5.41) is 0. The molecule has 1 heterocycles. The summed E-state index contributed by atoms with van der Waals surface area (Å²) in [7, 11) is -3.56. The number of piperazine rings is 1. The van der Waals surface area contributed by atoms with E-state index in [1.165, 1.54) is 16.4 Å². The lowest BCUT2D eigenvalue weighted by Crippen LogP contribution is -2.50. The van der Waals surface area contributed by atoms with Crippen molar-refractivity contribution in [3.05, 3.63) is 65.0 Å². The number of aryl methyl sites for hydroxylation is 2. The van der Waals surface area contributed by atoms with Crippen LogP contribution in [0.5, 0.6) is 0 Å². The first-order valence-electron chi connectivity index (χ1n) is 8.87. The smallest absolute Gasteiger partial charge is 0.243 e. The Morgan fingerprint density at radius 1 is 0.963 bits per heavy atom. The molecule has 0 aromatic heterocycles. The Morgan fingerprint density at radius 3 is 2.19 bits per heavy atom. The second kappa shape index (κ2) is 7.78. The Hall–Kier alpha value is -2.25. The van der Waals surface area contributed by atoms with Gasteiger partial charge >= 0.3 is 0 Å². The summed E-state index contributed by atoms with van der Waals surface area (Å²) in [4.78, 5) is 14.4. The summed E-state index contributed by atoms with van der Waals surface area (Å²) in [5.74, 6) is -0.416. The van der Waals surface area contributed by atoms with E-state index in [1.54, 1.807) is 29.2 Å². The van der Waals surface area contributed by atoms with Crippen molar-refractivity contribution in [2.45, 2.75) is 25.2 Å². The first-order valence-corrected chi connectivity index (χ1v) is 10.3. The molecule has 3 rings (SSSR count). The van der Waals surface area contributed by atoms with Crippen LogP contribution in [0.15, 0.2) is 47.4 Å². The maximum Gasteiger partial charge on any atom is 0.243 e. The lowest BCUT2D eigenvalue weighted by Gasteiger charge is -2.34. The zero-order valence-corrected chi connectivity index (χ0v) is 16.3. The minimum Gasteiger partial charge on any atom is -0.340 e. The number of hydrogen-bond donors (Lipinski definition) is 0. The number of carbonyl (C=O) groups is 1. The average Bonchev–Trinajstić information content (AvgIpc) is 2.66. The molecule has 144 valence electrons. The zero-order chi connectivity index (χ0) is 19.6. The van der Waals surface area contributed by atoms with Crippen LogP contribution in [0.2, 0.25) is 0 Å². The van der Waals surface area contributed by atoms with Gasteiger partial charge in [0.2, 0.25) is 15.9 Å². The van der Waals surface area contributed by atoms with Gasteiger partial charge in [0.1, 0.15) is 5.82 Å². The fourth-order valence-corrected chi connectivity index (χ4v) is 4.60. The second-order valence-corrected chi connectivity index (χ2v) is 8.77. The van der Waals surface area contributed by atoms with Crippen LogP contribution in [-0.2, 0) is 21.2 Å². The highest BCUT2D eigenvalue weighted by atomic mass is 32.2. The first kappa shape index (κ1) is 19.5. The Bertz CT molecular complexity index is 934. The number of rotatable bonds is 4. The molecule has 0 bridgehead atoms. The Labute approximate surface area is 159 Å². The van der Waals surface area contributed by atoms with Crippen LogP contribution in [0, 0.1) is 19.7 Å². The number of benzene rings is 2. The van der Waals surface area contributed by atoms with Gasteiger partial charge in [-0.25, -0.2) is 12.8 Å². The topological polar surface area (TPSA) is 57.7 Å². The van der Waals surface area contributed by atoms with Crippen LogP contribution in [0.3, 0.4) is 0 Å². The van der Waals surface area contributed by atoms with E-state index >= 15 is 0 Å². The molecule has 2 aromatic carbocycles. The van der Waals surface area contributed by atoms with E-state index in [1.807, 2.05) is 19.9 Å². The maximum atomic E-state index is 13.0. The summed E-state index contributed by atoms with van der Waals surface area (Å²) in [6.45, 7) is 5.07. The number of nitrogens with zero attached hydrogens (tertiary/aromatic N) is 2. The molecule has 7 heteroatoms. The fourth-order valence-electron chi connectivity index (χ4n) is 3.09. The van der Waals surface area contributed by atoms with Crippen molar-refractivity contribution in [3.8, 4) is 0 Å². The van der Waals surface area contributed by atoms with Gasteiger partial charge in [0, 0.05) is 26.2 Å². The normalized spacial score (nSPS) is 15.7. The van der Waals surface area contributed by atoms with E-state index in [0.717, 1.165) is 16.7 Å². The van der Waals surface area contributed by atoms with Crippen molar-refractivity contribution in [3.63, 3.8) is 0 Å². The molecule has 1 amide bonds. The van der Waals surface area contributed by atoms with Gasteiger partial charge in [0.05, 0.1) is 11.3 Å². The summed E-state index contributed by atoms with van der Waals surface area (Å²) in [6.07, 6.45) is 0.185. The highest BCUT2D eigenvalue weighted by Crippen LogP contribution is 2.20. The molecule has 0 spiro atoms. The van der Waals surface area contributed by atoms with Crippen molar-refractivity contribution in [1.82, 2.24) is 9.21 Å². The third-order valence-electron chi connectivity index (χ3n) is 4.98. The molecule has 2 aromatic rings. The van der Waals surface area contributed by atoms with Crippen molar-refractivity contribution in [1.29, 1.82) is 0 Å². The van der Waals surface area contributed by atoms with Gasteiger partial charge in [0.25, 0.3) is 0 Å². The van der Waals surface area contributed by atoms with Gasteiger partial charge < -0.3 is 4.90 Å². The third-order valence-corrected chi connectivity index (χ3v) is 6.87. The molecule has 1 aliphatic rings. The molecule has 0 radical (unpaired) electrons. The van der Waals surface area contributed by atoms with Crippen LogP contribution in [-0.4, -0.2) is 49.7 Å². The predicted octanol–water partition coefficient (Wildman–Crippen LogP) is 2.52. The molecule has 0 aliphatic carbocycles. The van der Waals surface area contributed by atoms with Crippen LogP contribution in [0.4, 0.5) is 4.39 Å².